The van der Waals surface area contributed by atoms with E-state index in [0.717, 1.165) is 19.4 Å². The molecule has 0 fully saturated rings. The van der Waals surface area contributed by atoms with Crippen LogP contribution in [0.4, 0.5) is 0 Å². The van der Waals surface area contributed by atoms with E-state index >= 15 is 0 Å². The van der Waals surface area contributed by atoms with Crippen molar-refractivity contribution in [2.75, 3.05) is 27.7 Å². The minimum atomic E-state index is -1.04. The van der Waals surface area contributed by atoms with Gasteiger partial charge < -0.3 is 16.2 Å². The quantitative estimate of drug-likeness (QED) is 0.434. The van der Waals surface area contributed by atoms with Gasteiger partial charge in [-0.15, -0.1) is 0 Å². The van der Waals surface area contributed by atoms with Crippen molar-refractivity contribution in [3.8, 4) is 5.88 Å². The van der Waals surface area contributed by atoms with Gasteiger partial charge >= 0.3 is 57.4 Å². The molecular formula is C13H22KN3O3. The van der Waals surface area contributed by atoms with Crippen LogP contribution in [-0.4, -0.2) is 54.9 Å². The summed E-state index contributed by atoms with van der Waals surface area (Å²) in [6, 6.07) is 3.06. The summed E-state index contributed by atoms with van der Waals surface area (Å²) in [5.74, 6) is -0.884. The summed E-state index contributed by atoms with van der Waals surface area (Å²) in [4.78, 5) is 17.1. The summed E-state index contributed by atoms with van der Waals surface area (Å²) in [5, 5.41) is 12.1. The Hall–Kier alpha value is -0.0236. The number of rotatable bonds is 8. The van der Waals surface area contributed by atoms with Gasteiger partial charge in [0.2, 0.25) is 5.88 Å². The zero-order valence-electron chi connectivity index (χ0n) is 13.6. The van der Waals surface area contributed by atoms with Gasteiger partial charge in [-0.2, -0.15) is 0 Å². The van der Waals surface area contributed by atoms with Gasteiger partial charge in [-0.3, -0.25) is 5.32 Å². The third-order valence-electron chi connectivity index (χ3n) is 2.65. The van der Waals surface area contributed by atoms with Gasteiger partial charge in [0.15, 0.2) is 6.23 Å². The Morgan fingerprint density at radius 3 is 2.85 bits per heavy atom. The molecule has 0 aromatic carbocycles. The maximum absolute atomic E-state index is 11.0. The standard InChI is InChI=1S/C13H21N3O3.K.H/c1-14-11(7-5-9-16(2)3)19-12-10(13(17)18)6-4-8-15-12;;/h4,6,8,11,14H,5,7,9H2,1-3H3,(H,17,18);;/q;+1;-1. The van der Waals surface area contributed by atoms with Crippen molar-refractivity contribution in [1.82, 2.24) is 15.2 Å². The van der Waals surface area contributed by atoms with Crippen LogP contribution < -0.4 is 61.4 Å². The van der Waals surface area contributed by atoms with Crippen LogP contribution in [0.25, 0.3) is 0 Å². The molecule has 7 heteroatoms. The van der Waals surface area contributed by atoms with Crippen molar-refractivity contribution in [2.45, 2.75) is 19.1 Å². The summed E-state index contributed by atoms with van der Waals surface area (Å²) in [6.07, 6.45) is 3.01. The molecule has 1 aromatic rings. The molecule has 0 aliphatic rings. The molecule has 0 aliphatic heterocycles. The molecule has 0 saturated heterocycles. The third-order valence-corrected chi connectivity index (χ3v) is 2.65. The number of carboxylic acids is 1. The van der Waals surface area contributed by atoms with E-state index in [2.05, 4.69) is 15.2 Å². The van der Waals surface area contributed by atoms with Crippen LogP contribution in [0.15, 0.2) is 18.3 Å². The van der Waals surface area contributed by atoms with Gasteiger partial charge in [0, 0.05) is 6.20 Å². The number of nitrogens with zero attached hydrogens (tertiary/aromatic N) is 2. The van der Waals surface area contributed by atoms with Gasteiger partial charge in [0.1, 0.15) is 5.56 Å². The number of aromatic nitrogens is 1. The average molecular weight is 307 g/mol. The first kappa shape index (κ1) is 20.0. The predicted molar refractivity (Wildman–Crippen MR) is 73.6 cm³/mol. The molecule has 1 rings (SSSR count). The number of hydrogen-bond acceptors (Lipinski definition) is 5. The van der Waals surface area contributed by atoms with Crippen molar-refractivity contribution in [3.05, 3.63) is 23.9 Å². The normalized spacial score (nSPS) is 11.8. The molecule has 0 amide bonds. The first-order valence-corrected chi connectivity index (χ1v) is 6.21. The monoisotopic (exact) mass is 307 g/mol. The Kier molecular flexibility index (Phi) is 10.7. The summed E-state index contributed by atoms with van der Waals surface area (Å²) in [6.45, 7) is 0.954. The van der Waals surface area contributed by atoms with Gasteiger partial charge in [-0.05, 0) is 52.7 Å². The van der Waals surface area contributed by atoms with Crippen LogP contribution in [0, 0.1) is 0 Å². The van der Waals surface area contributed by atoms with Crippen LogP contribution in [0.1, 0.15) is 24.6 Å². The zero-order chi connectivity index (χ0) is 14.3. The van der Waals surface area contributed by atoms with Crippen molar-refractivity contribution in [3.63, 3.8) is 0 Å². The maximum Gasteiger partial charge on any atom is 1.00 e. The smallest absolute Gasteiger partial charge is 1.00 e. The molecule has 1 unspecified atom stereocenters. The first-order chi connectivity index (χ1) is 9.04. The fraction of sp³-hybridized carbons (Fsp3) is 0.538. The van der Waals surface area contributed by atoms with Crippen molar-refractivity contribution < 1.29 is 67.4 Å². The third kappa shape index (κ3) is 7.12. The van der Waals surface area contributed by atoms with Gasteiger partial charge in [0.05, 0.1) is 0 Å². The molecule has 0 spiro atoms. The molecular weight excluding hydrogens is 285 g/mol. The summed E-state index contributed by atoms with van der Waals surface area (Å²) >= 11 is 0. The molecule has 0 radical (unpaired) electrons. The fourth-order valence-electron chi connectivity index (χ4n) is 1.64. The molecule has 6 nitrogen and oxygen atoms in total. The van der Waals surface area contributed by atoms with Crippen LogP contribution in [-0.2, 0) is 0 Å². The van der Waals surface area contributed by atoms with Crippen molar-refractivity contribution in [1.29, 1.82) is 0 Å². The molecule has 1 heterocycles. The van der Waals surface area contributed by atoms with E-state index in [0.29, 0.717) is 0 Å². The van der Waals surface area contributed by atoms with E-state index < -0.39 is 5.97 Å². The van der Waals surface area contributed by atoms with Crippen LogP contribution in [0.2, 0.25) is 0 Å². The van der Waals surface area contributed by atoms with Crippen LogP contribution >= 0.6 is 0 Å². The Morgan fingerprint density at radius 1 is 1.60 bits per heavy atom. The number of carbonyl (C=O) groups is 1. The Balaban J connectivity index is 0. The van der Waals surface area contributed by atoms with Crippen molar-refractivity contribution >= 4 is 5.97 Å². The summed E-state index contributed by atoms with van der Waals surface area (Å²) < 4.78 is 5.62. The zero-order valence-corrected chi connectivity index (χ0v) is 15.7. The second-order valence-electron chi connectivity index (χ2n) is 4.50. The molecule has 1 atom stereocenters. The average Bonchev–Trinajstić information content (AvgIpc) is 2.37. The largest absolute Gasteiger partial charge is 1.00 e. The van der Waals surface area contributed by atoms with Crippen LogP contribution in [0.3, 0.4) is 0 Å². The second-order valence-corrected chi connectivity index (χ2v) is 4.50. The molecule has 0 aliphatic carbocycles. The Bertz CT molecular complexity index is 421. The molecule has 1 aromatic heterocycles. The second kappa shape index (κ2) is 10.7. The molecule has 2 N–H and O–H groups in total. The number of carboxylic acid groups (broad SMARTS) is 1. The molecule has 20 heavy (non-hydrogen) atoms. The minimum absolute atomic E-state index is 0. The number of aromatic carboxylic acids is 1. The number of hydrogen-bond donors (Lipinski definition) is 2. The SMILES string of the molecule is CNC(CCCN(C)C)Oc1ncccc1C(=O)O.[H-].[K+]. The molecule has 0 saturated carbocycles. The maximum atomic E-state index is 11.0. The Labute approximate surface area is 163 Å². The summed E-state index contributed by atoms with van der Waals surface area (Å²) in [5.41, 5.74) is 0.0790. The van der Waals surface area contributed by atoms with E-state index in [1.165, 1.54) is 12.3 Å². The van der Waals surface area contributed by atoms with Crippen LogP contribution in [0.5, 0.6) is 5.88 Å². The number of nitrogens with one attached hydrogen (secondary N) is 1. The van der Waals surface area contributed by atoms with E-state index in [9.17, 15) is 4.79 Å². The van der Waals surface area contributed by atoms with Gasteiger partial charge in [-0.1, -0.05) is 0 Å². The van der Waals surface area contributed by atoms with Crippen molar-refractivity contribution in [2.24, 2.45) is 0 Å². The molecule has 0 bridgehead atoms. The van der Waals surface area contributed by atoms with E-state index in [4.69, 9.17) is 9.84 Å². The van der Waals surface area contributed by atoms with E-state index in [1.54, 1.807) is 13.1 Å². The predicted octanol–water partition coefficient (Wildman–Crippen LogP) is -1.84. The summed E-state index contributed by atoms with van der Waals surface area (Å²) in [7, 11) is 5.80. The van der Waals surface area contributed by atoms with E-state index in [-0.39, 0.29) is 70.5 Å². The molecule has 108 valence electrons. The van der Waals surface area contributed by atoms with Gasteiger partial charge in [0.25, 0.3) is 0 Å². The van der Waals surface area contributed by atoms with E-state index in [1.807, 2.05) is 14.1 Å². The fourth-order valence-corrected chi connectivity index (χ4v) is 1.64. The number of pyridine rings is 1. The number of ether oxygens (including phenoxy) is 1. The Morgan fingerprint density at radius 2 is 2.30 bits per heavy atom. The minimum Gasteiger partial charge on any atom is -1.00 e. The van der Waals surface area contributed by atoms with Gasteiger partial charge in [-0.25, -0.2) is 9.78 Å². The first-order valence-electron chi connectivity index (χ1n) is 6.21. The topological polar surface area (TPSA) is 74.7 Å².